The number of halogens is 1. The number of carboxylic acids is 2. The zero-order valence-corrected chi connectivity index (χ0v) is 19.2. The number of rotatable bonds is 9. The van der Waals surface area contributed by atoms with Crippen molar-refractivity contribution in [3.63, 3.8) is 0 Å². The van der Waals surface area contributed by atoms with Crippen molar-refractivity contribution in [3.8, 4) is 0 Å². The Bertz CT molecular complexity index is 1240. The van der Waals surface area contributed by atoms with E-state index >= 15 is 0 Å². The van der Waals surface area contributed by atoms with Crippen molar-refractivity contribution in [2.45, 2.75) is 29.2 Å². The van der Waals surface area contributed by atoms with E-state index in [4.69, 9.17) is 5.11 Å². The molecule has 2 aliphatic rings. The summed E-state index contributed by atoms with van der Waals surface area (Å²) < 4.78 is 14.4. The topological polar surface area (TPSA) is 188 Å². The Balaban J connectivity index is 1.45. The third-order valence-electron chi connectivity index (χ3n) is 5.12. The molecule has 1 aromatic carbocycles. The molecule has 2 aliphatic heterocycles. The number of aliphatic carboxylic acids is 2. The number of aliphatic hydroxyl groups excluding tert-OH is 1. The Hall–Kier alpha value is -3.50. The minimum atomic E-state index is -1.71. The number of carboxylic acid groups (broad SMARTS) is 2. The van der Waals surface area contributed by atoms with Gasteiger partial charge in [-0.25, -0.2) is 13.9 Å². The molecule has 35 heavy (non-hydrogen) atoms. The maximum absolute atomic E-state index is 13.4. The summed E-state index contributed by atoms with van der Waals surface area (Å²) in [5, 5.41) is 41.5. The van der Waals surface area contributed by atoms with Crippen LogP contribution in [0.25, 0.3) is 0 Å². The van der Waals surface area contributed by atoms with Gasteiger partial charge in [0, 0.05) is 11.5 Å². The highest BCUT2D eigenvalue weighted by atomic mass is 32.2. The monoisotopic (exact) mass is 524 g/mol. The van der Waals surface area contributed by atoms with Crippen molar-refractivity contribution in [1.82, 2.24) is 30.4 Å². The Morgan fingerprint density at radius 1 is 1.31 bits per heavy atom. The number of nitrogens with one attached hydrogen (secondary N) is 1. The molecule has 0 bridgehead atoms. The molecule has 184 valence electrons. The molecule has 3 heterocycles. The van der Waals surface area contributed by atoms with Crippen LogP contribution in [0.4, 0.5) is 4.39 Å². The van der Waals surface area contributed by atoms with Crippen molar-refractivity contribution in [2.75, 3.05) is 11.5 Å². The van der Waals surface area contributed by atoms with Gasteiger partial charge in [0.05, 0.1) is 0 Å². The van der Waals surface area contributed by atoms with Crippen LogP contribution in [-0.2, 0) is 25.7 Å². The van der Waals surface area contributed by atoms with E-state index in [9.17, 15) is 33.8 Å². The lowest BCUT2D eigenvalue weighted by Crippen LogP contribution is -2.70. The number of tetrazole rings is 1. The fourth-order valence-electron chi connectivity index (χ4n) is 3.53. The summed E-state index contributed by atoms with van der Waals surface area (Å²) >= 11 is 2.24. The molecular formula is C19H17FN6O7S2. The van der Waals surface area contributed by atoms with Crippen LogP contribution in [0.5, 0.6) is 0 Å². The molecule has 4 rings (SSSR count). The van der Waals surface area contributed by atoms with Crippen LogP contribution in [0.15, 0.2) is 40.7 Å². The number of amides is 2. The summed E-state index contributed by atoms with van der Waals surface area (Å²) in [5.41, 5.74) is 0.171. The first kappa shape index (κ1) is 24.6. The second-order valence-electron chi connectivity index (χ2n) is 7.41. The minimum Gasteiger partial charge on any atom is -0.480 e. The van der Waals surface area contributed by atoms with E-state index in [1.165, 1.54) is 23.9 Å². The lowest BCUT2D eigenvalue weighted by Gasteiger charge is -2.49. The summed E-state index contributed by atoms with van der Waals surface area (Å²) in [6.45, 7) is -0.468. The van der Waals surface area contributed by atoms with E-state index in [-0.39, 0.29) is 27.9 Å². The zero-order valence-electron chi connectivity index (χ0n) is 17.6. The second kappa shape index (κ2) is 10.0. The number of hydrogen-bond acceptors (Lipinski definition) is 10. The van der Waals surface area contributed by atoms with E-state index in [1.807, 2.05) is 0 Å². The van der Waals surface area contributed by atoms with Crippen LogP contribution in [0, 0.1) is 5.82 Å². The molecule has 0 radical (unpaired) electrons. The molecule has 0 saturated carbocycles. The van der Waals surface area contributed by atoms with Crippen LogP contribution in [0.1, 0.15) is 11.7 Å². The standard InChI is InChI=1S/C19H17FN6O7S2/c20-10-3-1-2-8(4-10)14(29)15(30)21-12-16(31)26-13(18(32)33)9(6-34-17(12)26)7-35-19-22-23-24-25(19)5-11(27)28/h1-4,12,14,17,29H,5-7H2,(H,21,30)(H,27,28)(H,32,33)/t12?,14-,17-/m1/s1. The maximum atomic E-state index is 13.4. The fraction of sp³-hybridized carbons (Fsp3) is 0.316. The number of aromatic nitrogens is 4. The van der Waals surface area contributed by atoms with Gasteiger partial charge in [0.1, 0.15) is 29.5 Å². The molecule has 16 heteroatoms. The van der Waals surface area contributed by atoms with E-state index in [2.05, 4.69) is 20.8 Å². The van der Waals surface area contributed by atoms with E-state index in [0.717, 1.165) is 33.5 Å². The maximum Gasteiger partial charge on any atom is 0.352 e. The zero-order chi connectivity index (χ0) is 25.3. The number of hydrogen-bond donors (Lipinski definition) is 4. The van der Waals surface area contributed by atoms with Crippen LogP contribution < -0.4 is 5.32 Å². The normalized spacial score (nSPS) is 20.2. The van der Waals surface area contributed by atoms with E-state index < -0.39 is 53.6 Å². The van der Waals surface area contributed by atoms with Crippen molar-refractivity contribution in [3.05, 3.63) is 46.9 Å². The van der Waals surface area contributed by atoms with Crippen molar-refractivity contribution < 1.29 is 38.9 Å². The number of carbonyl (C=O) groups excluding carboxylic acids is 2. The van der Waals surface area contributed by atoms with Gasteiger partial charge in [0.25, 0.3) is 11.8 Å². The summed E-state index contributed by atoms with van der Waals surface area (Å²) in [7, 11) is 0. The molecule has 1 saturated heterocycles. The Labute approximate surface area is 204 Å². The lowest BCUT2D eigenvalue weighted by molar-refractivity contribution is -0.151. The summed E-state index contributed by atoms with van der Waals surface area (Å²) in [6, 6.07) is 3.78. The number of thioether (sulfide) groups is 2. The molecule has 1 aromatic heterocycles. The predicted octanol–water partition coefficient (Wildman–Crippen LogP) is -0.539. The number of carbonyl (C=O) groups is 4. The molecule has 4 N–H and O–H groups in total. The number of aliphatic hydroxyl groups is 1. The quantitative estimate of drug-likeness (QED) is 0.243. The largest absolute Gasteiger partial charge is 0.480 e. The Kier molecular flexibility index (Phi) is 7.04. The highest BCUT2D eigenvalue weighted by Gasteiger charge is 2.54. The van der Waals surface area contributed by atoms with Gasteiger partial charge in [-0.3, -0.25) is 19.3 Å². The molecule has 1 unspecified atom stereocenters. The number of fused-ring (bicyclic) bond motifs is 1. The first-order chi connectivity index (χ1) is 16.7. The summed E-state index contributed by atoms with van der Waals surface area (Å²) in [5.74, 6) is -4.42. The molecule has 2 aromatic rings. The lowest BCUT2D eigenvalue weighted by atomic mass is 10.0. The van der Waals surface area contributed by atoms with Gasteiger partial charge in [0.2, 0.25) is 5.16 Å². The van der Waals surface area contributed by atoms with Gasteiger partial charge in [-0.1, -0.05) is 23.9 Å². The highest BCUT2D eigenvalue weighted by molar-refractivity contribution is 8.01. The van der Waals surface area contributed by atoms with Crippen LogP contribution in [-0.4, -0.2) is 87.1 Å². The van der Waals surface area contributed by atoms with E-state index in [1.54, 1.807) is 0 Å². The number of β-lactam (4-membered cyclic amide) rings is 1. The first-order valence-electron chi connectivity index (χ1n) is 9.92. The summed E-state index contributed by atoms with van der Waals surface area (Å²) in [4.78, 5) is 49.2. The summed E-state index contributed by atoms with van der Waals surface area (Å²) in [6.07, 6.45) is -1.71. The fourth-order valence-corrected chi connectivity index (χ4v) is 5.90. The molecule has 1 fully saturated rings. The van der Waals surface area contributed by atoms with Crippen molar-refractivity contribution >= 4 is 47.3 Å². The second-order valence-corrected chi connectivity index (χ2v) is 9.46. The van der Waals surface area contributed by atoms with Crippen molar-refractivity contribution in [2.24, 2.45) is 0 Å². The van der Waals surface area contributed by atoms with Gasteiger partial charge in [-0.15, -0.1) is 16.9 Å². The van der Waals surface area contributed by atoms with Crippen LogP contribution in [0.2, 0.25) is 0 Å². The van der Waals surface area contributed by atoms with Crippen LogP contribution in [0.3, 0.4) is 0 Å². The highest BCUT2D eigenvalue weighted by Crippen LogP contribution is 2.41. The molecule has 0 aliphatic carbocycles. The molecule has 3 atom stereocenters. The number of benzene rings is 1. The van der Waals surface area contributed by atoms with Gasteiger partial charge in [0.15, 0.2) is 6.10 Å². The average molecular weight is 525 g/mol. The van der Waals surface area contributed by atoms with E-state index in [0.29, 0.717) is 5.57 Å². The predicted molar refractivity (Wildman–Crippen MR) is 117 cm³/mol. The minimum absolute atomic E-state index is 0.0121. The molecule has 0 spiro atoms. The first-order valence-corrected chi connectivity index (χ1v) is 12.0. The average Bonchev–Trinajstić information content (AvgIpc) is 3.25. The van der Waals surface area contributed by atoms with Gasteiger partial charge in [-0.05, 0) is 33.7 Å². The van der Waals surface area contributed by atoms with Crippen LogP contribution >= 0.6 is 23.5 Å². The molecule has 13 nitrogen and oxygen atoms in total. The van der Waals surface area contributed by atoms with Crippen molar-refractivity contribution in [1.29, 1.82) is 0 Å². The van der Waals surface area contributed by atoms with Gasteiger partial charge < -0.3 is 20.6 Å². The third kappa shape index (κ3) is 4.98. The molecule has 2 amide bonds. The molecular weight excluding hydrogens is 507 g/mol. The van der Waals surface area contributed by atoms with Gasteiger partial charge >= 0.3 is 11.9 Å². The number of nitrogens with zero attached hydrogens (tertiary/aromatic N) is 5. The third-order valence-corrected chi connectivity index (χ3v) is 7.50. The van der Waals surface area contributed by atoms with Gasteiger partial charge in [-0.2, -0.15) is 0 Å². The Morgan fingerprint density at radius 2 is 2.09 bits per heavy atom. The Morgan fingerprint density at radius 3 is 2.77 bits per heavy atom. The SMILES string of the molecule is O=C(O)Cn1nnnc1SCC1=C(C(=O)O)N2C(=O)C(NC(=O)[C@H](O)c3cccc(F)c3)[C@H]2SC1. The smallest absolute Gasteiger partial charge is 0.352 e.